The van der Waals surface area contributed by atoms with Gasteiger partial charge in [0, 0.05) is 23.9 Å². The molecule has 1 aromatic rings. The summed E-state index contributed by atoms with van der Waals surface area (Å²) in [5.41, 5.74) is 0. The summed E-state index contributed by atoms with van der Waals surface area (Å²) in [4.78, 5) is 1.35. The first-order chi connectivity index (χ1) is 8.16. The molecule has 1 aliphatic heterocycles. The van der Waals surface area contributed by atoms with Gasteiger partial charge in [0.2, 0.25) is 0 Å². The van der Waals surface area contributed by atoms with E-state index in [2.05, 4.69) is 47.2 Å². The highest BCUT2D eigenvalue weighted by Crippen LogP contribution is 2.38. The number of ether oxygens (including phenoxy) is 1. The van der Waals surface area contributed by atoms with Gasteiger partial charge < -0.3 is 10.1 Å². The molecule has 0 amide bonds. The van der Waals surface area contributed by atoms with Gasteiger partial charge in [0.25, 0.3) is 0 Å². The Balaban J connectivity index is 1.89. The van der Waals surface area contributed by atoms with Crippen LogP contribution in [-0.4, -0.2) is 19.7 Å². The molecule has 1 saturated heterocycles. The summed E-state index contributed by atoms with van der Waals surface area (Å²) in [6.07, 6.45) is 1.47. The third-order valence-electron chi connectivity index (χ3n) is 3.05. The van der Waals surface area contributed by atoms with Crippen LogP contribution in [0.5, 0.6) is 0 Å². The molecule has 1 aliphatic rings. The van der Waals surface area contributed by atoms with Crippen LogP contribution in [0.2, 0.25) is 0 Å². The summed E-state index contributed by atoms with van der Waals surface area (Å²) in [5.74, 6) is 1.34. The average molecular weight is 318 g/mol. The highest BCUT2D eigenvalue weighted by atomic mass is 79.9. The summed E-state index contributed by atoms with van der Waals surface area (Å²) < 4.78 is 7.06. The Kier molecular flexibility index (Phi) is 5.03. The van der Waals surface area contributed by atoms with E-state index in [0.717, 1.165) is 19.7 Å². The van der Waals surface area contributed by atoms with Crippen LogP contribution >= 0.6 is 27.3 Å². The van der Waals surface area contributed by atoms with Crippen LogP contribution in [0.1, 0.15) is 31.2 Å². The zero-order valence-corrected chi connectivity index (χ0v) is 12.8. The lowest BCUT2D eigenvalue weighted by Gasteiger charge is -2.18. The maximum atomic E-state index is 5.87. The lowest BCUT2D eigenvalue weighted by molar-refractivity contribution is 0.0932. The van der Waals surface area contributed by atoms with Crippen molar-refractivity contribution in [3.63, 3.8) is 0 Å². The molecule has 2 heterocycles. The van der Waals surface area contributed by atoms with E-state index in [1.54, 1.807) is 11.3 Å². The van der Waals surface area contributed by atoms with Crippen molar-refractivity contribution in [2.45, 2.75) is 26.4 Å². The fourth-order valence-electron chi connectivity index (χ4n) is 2.20. The summed E-state index contributed by atoms with van der Waals surface area (Å²) in [6, 6.07) is 4.29. The zero-order chi connectivity index (χ0) is 12.3. The molecule has 0 radical (unpaired) electrons. The standard InChI is InChI=1S/C13H20BrNOS/c1-9(2)7-15-8-10-5-6-16-13(10)11-3-4-12(14)17-11/h3-4,9-10,13,15H,5-8H2,1-2H3. The van der Waals surface area contributed by atoms with Crippen molar-refractivity contribution in [1.29, 1.82) is 0 Å². The molecule has 17 heavy (non-hydrogen) atoms. The minimum Gasteiger partial charge on any atom is -0.372 e. The molecule has 2 atom stereocenters. The third kappa shape index (κ3) is 3.78. The molecule has 0 bridgehead atoms. The van der Waals surface area contributed by atoms with Gasteiger partial charge in [-0.25, -0.2) is 0 Å². The number of nitrogens with one attached hydrogen (secondary N) is 1. The van der Waals surface area contributed by atoms with Crippen molar-refractivity contribution in [1.82, 2.24) is 5.32 Å². The van der Waals surface area contributed by atoms with Gasteiger partial charge in [-0.15, -0.1) is 11.3 Å². The van der Waals surface area contributed by atoms with Gasteiger partial charge in [-0.3, -0.25) is 0 Å². The van der Waals surface area contributed by atoms with Gasteiger partial charge in [-0.05, 0) is 46.9 Å². The molecule has 96 valence electrons. The molecule has 0 saturated carbocycles. The molecule has 1 aromatic heterocycles. The van der Waals surface area contributed by atoms with Gasteiger partial charge in [-0.1, -0.05) is 13.8 Å². The molecule has 1 N–H and O–H groups in total. The lowest BCUT2D eigenvalue weighted by Crippen LogP contribution is -2.27. The van der Waals surface area contributed by atoms with Crippen LogP contribution in [0.3, 0.4) is 0 Å². The van der Waals surface area contributed by atoms with E-state index < -0.39 is 0 Å². The van der Waals surface area contributed by atoms with Gasteiger partial charge in [-0.2, -0.15) is 0 Å². The smallest absolute Gasteiger partial charge is 0.0958 e. The minimum atomic E-state index is 0.297. The van der Waals surface area contributed by atoms with E-state index in [1.165, 1.54) is 15.1 Å². The third-order valence-corrected chi connectivity index (χ3v) is 4.73. The Morgan fingerprint density at radius 2 is 2.35 bits per heavy atom. The van der Waals surface area contributed by atoms with Gasteiger partial charge >= 0.3 is 0 Å². The number of hydrogen-bond acceptors (Lipinski definition) is 3. The van der Waals surface area contributed by atoms with Gasteiger partial charge in [0.05, 0.1) is 9.89 Å². The Bertz CT molecular complexity index is 353. The lowest BCUT2D eigenvalue weighted by atomic mass is 10.00. The Morgan fingerprint density at radius 1 is 1.53 bits per heavy atom. The van der Waals surface area contributed by atoms with Gasteiger partial charge in [0.15, 0.2) is 0 Å². The molecule has 0 spiro atoms. The maximum Gasteiger partial charge on any atom is 0.0958 e. The molecule has 2 unspecified atom stereocenters. The summed E-state index contributed by atoms with van der Waals surface area (Å²) in [7, 11) is 0. The molecular weight excluding hydrogens is 298 g/mol. The van der Waals surface area contributed by atoms with E-state index >= 15 is 0 Å². The van der Waals surface area contributed by atoms with E-state index in [9.17, 15) is 0 Å². The maximum absolute atomic E-state index is 5.87. The van der Waals surface area contributed by atoms with Crippen molar-refractivity contribution in [3.05, 3.63) is 20.8 Å². The Labute approximate surface area is 116 Å². The van der Waals surface area contributed by atoms with Crippen LogP contribution in [-0.2, 0) is 4.74 Å². The quantitative estimate of drug-likeness (QED) is 0.891. The first kappa shape index (κ1) is 13.5. The highest BCUT2D eigenvalue weighted by molar-refractivity contribution is 9.11. The van der Waals surface area contributed by atoms with E-state index in [-0.39, 0.29) is 0 Å². The fourth-order valence-corrected chi connectivity index (χ4v) is 3.76. The van der Waals surface area contributed by atoms with Crippen molar-refractivity contribution >= 4 is 27.3 Å². The van der Waals surface area contributed by atoms with Gasteiger partial charge in [0.1, 0.15) is 0 Å². The fraction of sp³-hybridized carbons (Fsp3) is 0.692. The van der Waals surface area contributed by atoms with Crippen LogP contribution < -0.4 is 5.32 Å². The largest absolute Gasteiger partial charge is 0.372 e. The summed E-state index contributed by atoms with van der Waals surface area (Å²) in [5, 5.41) is 3.55. The molecule has 1 fully saturated rings. The predicted octanol–water partition coefficient (Wildman–Crippen LogP) is 3.83. The van der Waals surface area contributed by atoms with Crippen LogP contribution in [0.25, 0.3) is 0 Å². The van der Waals surface area contributed by atoms with Crippen molar-refractivity contribution < 1.29 is 4.74 Å². The highest BCUT2D eigenvalue weighted by Gasteiger charge is 2.30. The Morgan fingerprint density at radius 3 is 3.00 bits per heavy atom. The molecule has 2 rings (SSSR count). The average Bonchev–Trinajstić information content (AvgIpc) is 2.86. The summed E-state index contributed by atoms with van der Waals surface area (Å²) in [6.45, 7) is 7.54. The topological polar surface area (TPSA) is 21.3 Å². The van der Waals surface area contributed by atoms with Crippen molar-refractivity contribution in [2.24, 2.45) is 11.8 Å². The van der Waals surface area contributed by atoms with E-state index in [1.807, 2.05) is 0 Å². The molecule has 2 nitrogen and oxygen atoms in total. The minimum absolute atomic E-state index is 0.297. The van der Waals surface area contributed by atoms with Crippen LogP contribution in [0, 0.1) is 11.8 Å². The zero-order valence-electron chi connectivity index (χ0n) is 10.4. The normalized spacial score (nSPS) is 24.7. The molecule has 4 heteroatoms. The van der Waals surface area contributed by atoms with Crippen molar-refractivity contribution in [3.8, 4) is 0 Å². The molecule has 0 aromatic carbocycles. The second-order valence-electron chi connectivity index (χ2n) is 5.03. The molecule has 0 aliphatic carbocycles. The number of thiophene rings is 1. The van der Waals surface area contributed by atoms with E-state index in [0.29, 0.717) is 17.9 Å². The predicted molar refractivity (Wildman–Crippen MR) is 76.5 cm³/mol. The van der Waals surface area contributed by atoms with E-state index in [4.69, 9.17) is 4.74 Å². The number of rotatable bonds is 5. The monoisotopic (exact) mass is 317 g/mol. The SMILES string of the molecule is CC(C)CNCC1CCOC1c1ccc(Br)s1. The van der Waals surface area contributed by atoms with Crippen molar-refractivity contribution in [2.75, 3.05) is 19.7 Å². The summed E-state index contributed by atoms with van der Waals surface area (Å²) >= 11 is 5.31. The number of halogens is 1. The first-order valence-electron chi connectivity index (χ1n) is 6.24. The molecular formula is C13H20BrNOS. The van der Waals surface area contributed by atoms with Crippen LogP contribution in [0.15, 0.2) is 15.9 Å². The second kappa shape index (κ2) is 6.32. The Hall–Kier alpha value is 0.1000. The second-order valence-corrected chi connectivity index (χ2v) is 7.53. The van der Waals surface area contributed by atoms with Crippen LogP contribution in [0.4, 0.5) is 0 Å². The first-order valence-corrected chi connectivity index (χ1v) is 7.85. The number of hydrogen-bond donors (Lipinski definition) is 1.